The molecular formula is C15H19N3O2. The summed E-state index contributed by atoms with van der Waals surface area (Å²) in [7, 11) is 0. The van der Waals surface area contributed by atoms with Crippen molar-refractivity contribution in [2.75, 3.05) is 13.1 Å². The molecule has 1 saturated heterocycles. The van der Waals surface area contributed by atoms with Crippen molar-refractivity contribution in [3.63, 3.8) is 0 Å². The number of likely N-dealkylation sites (tertiary alicyclic amines) is 1. The van der Waals surface area contributed by atoms with E-state index in [4.69, 9.17) is 0 Å². The Morgan fingerprint density at radius 2 is 2.30 bits per heavy atom. The van der Waals surface area contributed by atoms with Gasteiger partial charge in [0.25, 0.3) is 0 Å². The van der Waals surface area contributed by atoms with Crippen LogP contribution in [0.15, 0.2) is 24.4 Å². The summed E-state index contributed by atoms with van der Waals surface area (Å²) in [5, 5.41) is 9.26. The number of carboxylic acids is 1. The van der Waals surface area contributed by atoms with E-state index in [-0.39, 0.29) is 0 Å². The molecule has 0 spiro atoms. The second kappa shape index (κ2) is 4.59. The molecule has 2 aromatic heterocycles. The number of imidazole rings is 1. The minimum absolute atomic E-state index is 0.592. The topological polar surface area (TPSA) is 57.8 Å². The monoisotopic (exact) mass is 273 g/mol. The molecule has 5 heteroatoms. The zero-order valence-electron chi connectivity index (χ0n) is 11.8. The summed E-state index contributed by atoms with van der Waals surface area (Å²) in [6.07, 6.45) is 2.75. The molecule has 0 amide bonds. The molecule has 1 aliphatic rings. The van der Waals surface area contributed by atoms with Crippen LogP contribution in [-0.4, -0.2) is 38.4 Å². The Bertz CT molecular complexity index is 664. The van der Waals surface area contributed by atoms with Crippen LogP contribution in [0.5, 0.6) is 0 Å². The highest BCUT2D eigenvalue weighted by atomic mass is 16.4. The van der Waals surface area contributed by atoms with E-state index in [9.17, 15) is 9.90 Å². The molecule has 1 unspecified atom stereocenters. The van der Waals surface area contributed by atoms with Gasteiger partial charge in [0.15, 0.2) is 0 Å². The van der Waals surface area contributed by atoms with Gasteiger partial charge in [0.1, 0.15) is 5.65 Å². The molecule has 5 nitrogen and oxygen atoms in total. The first-order valence-electron chi connectivity index (χ1n) is 6.87. The van der Waals surface area contributed by atoms with Gasteiger partial charge in [-0.3, -0.25) is 9.69 Å². The van der Waals surface area contributed by atoms with Gasteiger partial charge in [0, 0.05) is 25.0 Å². The number of hydrogen-bond donors (Lipinski definition) is 1. The number of rotatable bonds is 3. The van der Waals surface area contributed by atoms with E-state index in [1.807, 2.05) is 25.3 Å². The molecule has 0 aromatic carbocycles. The molecule has 1 aliphatic heterocycles. The third-order valence-corrected chi connectivity index (χ3v) is 4.20. The van der Waals surface area contributed by atoms with Crippen LogP contribution in [0.2, 0.25) is 0 Å². The average molecular weight is 273 g/mol. The van der Waals surface area contributed by atoms with Gasteiger partial charge in [-0.15, -0.1) is 0 Å². The van der Waals surface area contributed by atoms with Crippen LogP contribution in [0.4, 0.5) is 0 Å². The van der Waals surface area contributed by atoms with Crippen molar-refractivity contribution in [1.82, 2.24) is 14.3 Å². The van der Waals surface area contributed by atoms with Crippen molar-refractivity contribution >= 4 is 11.6 Å². The Morgan fingerprint density at radius 1 is 1.50 bits per heavy atom. The van der Waals surface area contributed by atoms with Crippen LogP contribution in [0.3, 0.4) is 0 Å². The SMILES string of the molecule is Cc1cccc2nc(CN3CCC(C)(C(=O)O)C3)cn12. The standard InChI is InChI=1S/C15H19N3O2/c1-11-4-3-5-13-16-12(9-18(11)13)8-17-7-6-15(2,10-17)14(19)20/h3-5,9H,6-8,10H2,1-2H3,(H,19,20). The smallest absolute Gasteiger partial charge is 0.310 e. The minimum atomic E-state index is -0.703. The van der Waals surface area contributed by atoms with Crippen LogP contribution in [0, 0.1) is 12.3 Å². The molecule has 106 valence electrons. The molecular weight excluding hydrogens is 254 g/mol. The Balaban J connectivity index is 1.78. The number of nitrogens with zero attached hydrogens (tertiary/aromatic N) is 3. The summed E-state index contributed by atoms with van der Waals surface area (Å²) < 4.78 is 2.07. The quantitative estimate of drug-likeness (QED) is 0.928. The van der Waals surface area contributed by atoms with Gasteiger partial charge in [0.05, 0.1) is 11.1 Å². The van der Waals surface area contributed by atoms with Gasteiger partial charge in [-0.05, 0) is 38.9 Å². The van der Waals surface area contributed by atoms with Crippen molar-refractivity contribution in [3.05, 3.63) is 35.8 Å². The van der Waals surface area contributed by atoms with Gasteiger partial charge in [-0.1, -0.05) is 6.07 Å². The van der Waals surface area contributed by atoms with Crippen LogP contribution in [0.1, 0.15) is 24.7 Å². The second-order valence-electron chi connectivity index (χ2n) is 5.95. The lowest BCUT2D eigenvalue weighted by molar-refractivity contribution is -0.147. The number of carbonyl (C=O) groups is 1. The molecule has 1 atom stereocenters. The van der Waals surface area contributed by atoms with Crippen LogP contribution >= 0.6 is 0 Å². The largest absolute Gasteiger partial charge is 0.481 e. The van der Waals surface area contributed by atoms with E-state index < -0.39 is 11.4 Å². The van der Waals surface area contributed by atoms with Gasteiger partial charge < -0.3 is 9.51 Å². The molecule has 20 heavy (non-hydrogen) atoms. The third kappa shape index (κ3) is 2.18. The zero-order chi connectivity index (χ0) is 14.3. The summed E-state index contributed by atoms with van der Waals surface area (Å²) in [6, 6.07) is 6.04. The first-order chi connectivity index (χ1) is 9.48. The fraction of sp³-hybridized carbons (Fsp3) is 0.467. The summed E-state index contributed by atoms with van der Waals surface area (Å²) in [5.41, 5.74) is 2.47. The third-order valence-electron chi connectivity index (χ3n) is 4.20. The lowest BCUT2D eigenvalue weighted by Gasteiger charge is -2.19. The Morgan fingerprint density at radius 3 is 2.95 bits per heavy atom. The summed E-state index contributed by atoms with van der Waals surface area (Å²) in [5.74, 6) is -0.703. The molecule has 0 aliphatic carbocycles. The maximum absolute atomic E-state index is 11.3. The van der Waals surface area contributed by atoms with E-state index in [0.29, 0.717) is 19.5 Å². The van der Waals surface area contributed by atoms with Crippen LogP contribution < -0.4 is 0 Å². The number of fused-ring (bicyclic) bond motifs is 1. The lowest BCUT2D eigenvalue weighted by Crippen LogP contribution is -2.31. The van der Waals surface area contributed by atoms with E-state index in [0.717, 1.165) is 23.6 Å². The fourth-order valence-corrected chi connectivity index (χ4v) is 2.87. The maximum atomic E-state index is 11.3. The fourth-order valence-electron chi connectivity index (χ4n) is 2.87. The number of hydrogen-bond acceptors (Lipinski definition) is 3. The number of aryl methyl sites for hydroxylation is 1. The highest BCUT2D eigenvalue weighted by Crippen LogP contribution is 2.30. The molecule has 3 heterocycles. The minimum Gasteiger partial charge on any atom is -0.481 e. The molecule has 0 bridgehead atoms. The van der Waals surface area contributed by atoms with Gasteiger partial charge in [0.2, 0.25) is 0 Å². The first-order valence-corrected chi connectivity index (χ1v) is 6.87. The maximum Gasteiger partial charge on any atom is 0.310 e. The molecule has 1 fully saturated rings. The van der Waals surface area contributed by atoms with Gasteiger partial charge in [-0.25, -0.2) is 4.98 Å². The van der Waals surface area contributed by atoms with Crippen molar-refractivity contribution < 1.29 is 9.90 Å². The van der Waals surface area contributed by atoms with Crippen molar-refractivity contribution in [1.29, 1.82) is 0 Å². The Hall–Kier alpha value is -1.88. The summed E-state index contributed by atoms with van der Waals surface area (Å²) >= 11 is 0. The molecule has 0 saturated carbocycles. The number of pyridine rings is 1. The Kier molecular flexibility index (Phi) is 3.01. The van der Waals surface area contributed by atoms with E-state index in [2.05, 4.69) is 27.3 Å². The Labute approximate surface area is 117 Å². The first kappa shape index (κ1) is 13.1. The van der Waals surface area contributed by atoms with E-state index in [1.165, 1.54) is 0 Å². The number of aromatic nitrogens is 2. The second-order valence-corrected chi connectivity index (χ2v) is 5.95. The predicted molar refractivity (Wildman–Crippen MR) is 75.6 cm³/mol. The van der Waals surface area contributed by atoms with Crippen LogP contribution in [-0.2, 0) is 11.3 Å². The lowest BCUT2D eigenvalue weighted by atomic mass is 9.90. The molecule has 0 radical (unpaired) electrons. The van der Waals surface area contributed by atoms with Crippen molar-refractivity contribution in [2.45, 2.75) is 26.8 Å². The summed E-state index contributed by atoms with van der Waals surface area (Å²) in [6.45, 7) is 5.99. The van der Waals surface area contributed by atoms with Gasteiger partial charge >= 0.3 is 5.97 Å². The highest BCUT2D eigenvalue weighted by molar-refractivity contribution is 5.74. The number of carboxylic acid groups (broad SMARTS) is 1. The zero-order valence-corrected chi connectivity index (χ0v) is 11.8. The summed E-state index contributed by atoms with van der Waals surface area (Å²) in [4.78, 5) is 18.0. The normalized spacial score (nSPS) is 23.5. The molecule has 1 N–H and O–H groups in total. The number of aliphatic carboxylic acids is 1. The molecule has 2 aromatic rings. The van der Waals surface area contributed by atoms with Crippen LogP contribution in [0.25, 0.3) is 5.65 Å². The highest BCUT2D eigenvalue weighted by Gasteiger charge is 2.40. The van der Waals surface area contributed by atoms with Gasteiger partial charge in [-0.2, -0.15) is 0 Å². The van der Waals surface area contributed by atoms with E-state index in [1.54, 1.807) is 0 Å². The average Bonchev–Trinajstić information content (AvgIpc) is 2.95. The van der Waals surface area contributed by atoms with E-state index >= 15 is 0 Å². The van der Waals surface area contributed by atoms with Crippen molar-refractivity contribution in [3.8, 4) is 0 Å². The predicted octanol–water partition coefficient (Wildman–Crippen LogP) is 1.94. The van der Waals surface area contributed by atoms with Crippen molar-refractivity contribution in [2.24, 2.45) is 5.41 Å². The molecule has 3 rings (SSSR count).